The van der Waals surface area contributed by atoms with Gasteiger partial charge < -0.3 is 5.11 Å². The number of rotatable bonds is 3. The molecule has 0 amide bonds. The van der Waals surface area contributed by atoms with Crippen molar-refractivity contribution in [1.29, 1.82) is 5.26 Å². The van der Waals surface area contributed by atoms with E-state index in [-0.39, 0.29) is 11.8 Å². The Morgan fingerprint density at radius 1 is 1.56 bits per heavy atom. The topological polar surface area (TPSA) is 64.3 Å². The van der Waals surface area contributed by atoms with Crippen molar-refractivity contribution in [2.24, 2.45) is 11.8 Å². The number of hydrogen-bond acceptors (Lipinski definition) is 3. The Morgan fingerprint density at radius 3 is 2.94 bits per heavy atom. The monoisotopic (exact) mass is 244 g/mol. The lowest BCUT2D eigenvalue weighted by molar-refractivity contribution is -0.142. The minimum Gasteiger partial charge on any atom is -0.481 e. The summed E-state index contributed by atoms with van der Waals surface area (Å²) in [6.45, 7) is 4.08. The van der Waals surface area contributed by atoms with Crippen molar-refractivity contribution in [2.45, 2.75) is 13.5 Å². The fourth-order valence-corrected chi connectivity index (χ4v) is 2.52. The Balaban J connectivity index is 2.03. The summed E-state index contributed by atoms with van der Waals surface area (Å²) in [5, 5.41) is 17.9. The van der Waals surface area contributed by atoms with Crippen molar-refractivity contribution in [3.63, 3.8) is 0 Å². The maximum atomic E-state index is 11.0. The third kappa shape index (κ3) is 2.69. The summed E-state index contributed by atoms with van der Waals surface area (Å²) in [5.41, 5.74) is 1.71. The fraction of sp³-hybridized carbons (Fsp3) is 0.429. The first-order valence-corrected chi connectivity index (χ1v) is 6.04. The second-order valence-corrected chi connectivity index (χ2v) is 4.93. The largest absolute Gasteiger partial charge is 0.481 e. The molecule has 94 valence electrons. The minimum atomic E-state index is -0.712. The van der Waals surface area contributed by atoms with Crippen LogP contribution in [0.3, 0.4) is 0 Å². The molecule has 2 atom stereocenters. The Morgan fingerprint density at radius 2 is 2.33 bits per heavy atom. The van der Waals surface area contributed by atoms with Crippen LogP contribution in [0, 0.1) is 23.2 Å². The van der Waals surface area contributed by atoms with Gasteiger partial charge in [0.25, 0.3) is 0 Å². The predicted octanol–water partition coefficient (Wildman–Crippen LogP) is 1.71. The number of likely N-dealkylation sites (tertiary alicyclic amines) is 1. The molecular formula is C14H16N2O2. The lowest BCUT2D eigenvalue weighted by Crippen LogP contribution is -2.23. The number of nitrogens with zero attached hydrogens (tertiary/aromatic N) is 2. The quantitative estimate of drug-likeness (QED) is 0.879. The molecule has 1 saturated heterocycles. The van der Waals surface area contributed by atoms with Crippen molar-refractivity contribution in [3.8, 4) is 6.07 Å². The summed E-state index contributed by atoms with van der Waals surface area (Å²) >= 11 is 0. The molecule has 1 N–H and O–H groups in total. The zero-order chi connectivity index (χ0) is 13.1. The van der Waals surface area contributed by atoms with Gasteiger partial charge in [0, 0.05) is 19.6 Å². The molecule has 1 fully saturated rings. The average Bonchev–Trinajstić information content (AvgIpc) is 2.70. The van der Waals surface area contributed by atoms with Gasteiger partial charge in [0.2, 0.25) is 0 Å². The van der Waals surface area contributed by atoms with E-state index >= 15 is 0 Å². The third-order valence-corrected chi connectivity index (χ3v) is 3.47. The van der Waals surface area contributed by atoms with Gasteiger partial charge in [0.05, 0.1) is 17.6 Å². The van der Waals surface area contributed by atoms with Gasteiger partial charge in [-0.3, -0.25) is 9.69 Å². The van der Waals surface area contributed by atoms with Gasteiger partial charge in [-0.1, -0.05) is 19.1 Å². The van der Waals surface area contributed by atoms with Crippen molar-refractivity contribution in [3.05, 3.63) is 35.4 Å². The summed E-state index contributed by atoms with van der Waals surface area (Å²) in [4.78, 5) is 13.2. The summed E-state index contributed by atoms with van der Waals surface area (Å²) in [6.07, 6.45) is 0. The summed E-state index contributed by atoms with van der Waals surface area (Å²) < 4.78 is 0. The van der Waals surface area contributed by atoms with Gasteiger partial charge in [-0.25, -0.2) is 0 Å². The second kappa shape index (κ2) is 5.19. The normalized spacial score (nSPS) is 23.8. The van der Waals surface area contributed by atoms with Gasteiger partial charge >= 0.3 is 5.97 Å². The van der Waals surface area contributed by atoms with Gasteiger partial charge in [0.1, 0.15) is 0 Å². The van der Waals surface area contributed by atoms with E-state index in [1.54, 1.807) is 6.07 Å². The average molecular weight is 244 g/mol. The first kappa shape index (κ1) is 12.6. The molecule has 1 aromatic rings. The molecular weight excluding hydrogens is 228 g/mol. The van der Waals surface area contributed by atoms with Crippen molar-refractivity contribution in [2.75, 3.05) is 13.1 Å². The highest BCUT2D eigenvalue weighted by Crippen LogP contribution is 2.24. The zero-order valence-corrected chi connectivity index (χ0v) is 10.3. The van der Waals surface area contributed by atoms with Crippen LogP contribution < -0.4 is 0 Å². The number of benzene rings is 1. The minimum absolute atomic E-state index is 0.182. The SMILES string of the molecule is CC1CN(Cc2cccc(C#N)c2)CC1C(=O)O. The van der Waals surface area contributed by atoms with Crippen LogP contribution in [0.4, 0.5) is 0 Å². The van der Waals surface area contributed by atoms with E-state index < -0.39 is 5.97 Å². The maximum Gasteiger partial charge on any atom is 0.308 e. The van der Waals surface area contributed by atoms with E-state index in [0.717, 1.165) is 12.1 Å². The van der Waals surface area contributed by atoms with Crippen LogP contribution in [0.5, 0.6) is 0 Å². The Bertz CT molecular complexity index is 493. The molecule has 18 heavy (non-hydrogen) atoms. The van der Waals surface area contributed by atoms with Crippen LogP contribution >= 0.6 is 0 Å². The predicted molar refractivity (Wildman–Crippen MR) is 66.7 cm³/mol. The number of aliphatic carboxylic acids is 1. The Labute approximate surface area is 106 Å². The first-order chi connectivity index (χ1) is 8.60. The highest BCUT2D eigenvalue weighted by Gasteiger charge is 2.34. The summed E-state index contributed by atoms with van der Waals surface area (Å²) in [7, 11) is 0. The lowest BCUT2D eigenvalue weighted by Gasteiger charge is -2.15. The standard InChI is InChI=1S/C14H16N2O2/c1-10-7-16(9-13(10)14(17)18)8-12-4-2-3-11(5-12)6-15/h2-5,10,13H,7-9H2,1H3,(H,17,18). The number of carbonyl (C=O) groups is 1. The summed E-state index contributed by atoms with van der Waals surface area (Å²) in [6, 6.07) is 9.58. The Hall–Kier alpha value is -1.86. The van der Waals surface area contributed by atoms with E-state index in [4.69, 9.17) is 10.4 Å². The maximum absolute atomic E-state index is 11.0. The molecule has 0 aliphatic carbocycles. The van der Waals surface area contributed by atoms with E-state index in [1.165, 1.54) is 0 Å². The number of nitriles is 1. The molecule has 0 spiro atoms. The Kier molecular flexibility index (Phi) is 3.63. The molecule has 4 heteroatoms. The smallest absolute Gasteiger partial charge is 0.308 e. The number of carboxylic acids is 1. The summed E-state index contributed by atoms with van der Waals surface area (Å²) in [5.74, 6) is -0.804. The molecule has 1 aliphatic heterocycles. The van der Waals surface area contributed by atoms with E-state index in [2.05, 4.69) is 11.0 Å². The highest BCUT2D eigenvalue weighted by atomic mass is 16.4. The molecule has 0 saturated carbocycles. The van der Waals surface area contributed by atoms with Crippen LogP contribution in [-0.2, 0) is 11.3 Å². The van der Waals surface area contributed by atoms with Crippen LogP contribution in [0.15, 0.2) is 24.3 Å². The van der Waals surface area contributed by atoms with Gasteiger partial charge in [-0.05, 0) is 23.6 Å². The molecule has 2 unspecified atom stereocenters. The van der Waals surface area contributed by atoms with Gasteiger partial charge in [-0.15, -0.1) is 0 Å². The first-order valence-electron chi connectivity index (χ1n) is 6.04. The molecule has 2 rings (SSSR count). The van der Waals surface area contributed by atoms with Gasteiger partial charge in [-0.2, -0.15) is 5.26 Å². The van der Waals surface area contributed by atoms with Crippen LogP contribution in [0.1, 0.15) is 18.1 Å². The molecule has 1 heterocycles. The fourth-order valence-electron chi connectivity index (χ4n) is 2.52. The number of carboxylic acid groups (broad SMARTS) is 1. The van der Waals surface area contributed by atoms with Crippen LogP contribution in [0.2, 0.25) is 0 Å². The zero-order valence-electron chi connectivity index (χ0n) is 10.3. The highest BCUT2D eigenvalue weighted by molar-refractivity contribution is 5.71. The molecule has 0 bridgehead atoms. The van der Waals surface area contributed by atoms with E-state index in [9.17, 15) is 4.79 Å². The van der Waals surface area contributed by atoms with Crippen molar-refractivity contribution >= 4 is 5.97 Å². The van der Waals surface area contributed by atoms with Crippen molar-refractivity contribution < 1.29 is 9.90 Å². The van der Waals surface area contributed by atoms with E-state index in [0.29, 0.717) is 18.7 Å². The lowest BCUT2D eigenvalue weighted by atomic mass is 9.99. The van der Waals surface area contributed by atoms with Gasteiger partial charge in [0.15, 0.2) is 0 Å². The van der Waals surface area contributed by atoms with Crippen LogP contribution in [-0.4, -0.2) is 29.1 Å². The molecule has 1 aromatic carbocycles. The van der Waals surface area contributed by atoms with Crippen LogP contribution in [0.25, 0.3) is 0 Å². The van der Waals surface area contributed by atoms with Crippen molar-refractivity contribution in [1.82, 2.24) is 4.90 Å². The molecule has 4 nitrogen and oxygen atoms in total. The second-order valence-electron chi connectivity index (χ2n) is 4.93. The van der Waals surface area contributed by atoms with E-state index in [1.807, 2.05) is 25.1 Å². The third-order valence-electron chi connectivity index (χ3n) is 3.47. The number of hydrogen-bond donors (Lipinski definition) is 1. The molecule has 0 aromatic heterocycles. The molecule has 1 aliphatic rings. The molecule has 0 radical (unpaired) electrons.